The molecule has 19 heavy (non-hydrogen) atoms. The molecule has 1 saturated heterocycles. The molecule has 0 amide bonds. The summed E-state index contributed by atoms with van der Waals surface area (Å²) in [6.45, 7) is 2.61. The normalized spacial score (nSPS) is 29.5. The minimum Gasteiger partial charge on any atom is -0.296 e. The lowest BCUT2D eigenvalue weighted by molar-refractivity contribution is 0.0328. The Morgan fingerprint density at radius 3 is 2.32 bits per heavy atom. The maximum absolute atomic E-state index is 5.97. The van der Waals surface area contributed by atoms with Gasteiger partial charge in [0, 0.05) is 11.6 Å². The highest BCUT2D eigenvalue weighted by Crippen LogP contribution is 2.42. The number of nitrogens with two attached hydrogens (primary N) is 1. The van der Waals surface area contributed by atoms with Crippen LogP contribution in [0, 0.1) is 5.92 Å². The highest BCUT2D eigenvalue weighted by Gasteiger charge is 2.45. The topological polar surface area (TPSA) is 41.3 Å². The van der Waals surface area contributed by atoms with E-state index in [9.17, 15) is 0 Å². The van der Waals surface area contributed by atoms with Crippen molar-refractivity contribution in [1.29, 1.82) is 0 Å². The van der Waals surface area contributed by atoms with Crippen molar-refractivity contribution in [1.82, 2.24) is 10.3 Å². The molecule has 3 fully saturated rings. The molecule has 1 unspecified atom stereocenters. The molecule has 3 nitrogen and oxygen atoms in total. The molecule has 3 rings (SSSR count). The van der Waals surface area contributed by atoms with E-state index in [4.69, 9.17) is 5.84 Å². The van der Waals surface area contributed by atoms with Gasteiger partial charge >= 0.3 is 0 Å². The maximum atomic E-state index is 5.97. The Kier molecular flexibility index (Phi) is 4.45. The van der Waals surface area contributed by atoms with Crippen LogP contribution >= 0.6 is 0 Å². The zero-order chi connectivity index (χ0) is 13.1. The van der Waals surface area contributed by atoms with Crippen LogP contribution in [0.3, 0.4) is 0 Å². The van der Waals surface area contributed by atoms with Crippen molar-refractivity contribution in [3.8, 4) is 0 Å². The summed E-state index contributed by atoms with van der Waals surface area (Å²) in [7, 11) is 0. The largest absolute Gasteiger partial charge is 0.296 e. The Hall–Kier alpha value is -0.120. The fourth-order valence-corrected chi connectivity index (χ4v) is 4.53. The Morgan fingerprint density at radius 1 is 1.05 bits per heavy atom. The summed E-state index contributed by atoms with van der Waals surface area (Å²) < 4.78 is 0. The highest BCUT2D eigenvalue weighted by atomic mass is 15.3. The molecular formula is C16H31N3. The van der Waals surface area contributed by atoms with Crippen molar-refractivity contribution < 1.29 is 0 Å². The summed E-state index contributed by atoms with van der Waals surface area (Å²) in [6, 6.07) is 0.522. The Morgan fingerprint density at radius 2 is 1.74 bits per heavy atom. The third-order valence-corrected chi connectivity index (χ3v) is 5.87. The van der Waals surface area contributed by atoms with Crippen LogP contribution in [0.15, 0.2) is 0 Å². The van der Waals surface area contributed by atoms with Gasteiger partial charge in [0.25, 0.3) is 0 Å². The first-order chi connectivity index (χ1) is 9.35. The second kappa shape index (κ2) is 6.11. The average molecular weight is 265 g/mol. The van der Waals surface area contributed by atoms with Gasteiger partial charge in [0.15, 0.2) is 0 Å². The minimum absolute atomic E-state index is 0.393. The average Bonchev–Trinajstić information content (AvgIpc) is 3.16. The fourth-order valence-electron chi connectivity index (χ4n) is 4.53. The number of likely N-dealkylation sites (tertiary alicyclic amines) is 1. The molecule has 2 aliphatic carbocycles. The summed E-state index contributed by atoms with van der Waals surface area (Å²) in [5.41, 5.74) is 3.62. The summed E-state index contributed by atoms with van der Waals surface area (Å²) in [5.74, 6) is 7.00. The van der Waals surface area contributed by atoms with Crippen LogP contribution in [0.1, 0.15) is 70.6 Å². The predicted octanol–water partition coefficient (Wildman–Crippen LogP) is 2.81. The molecule has 2 saturated carbocycles. The SMILES string of the molecule is NNC(CCC1CC1)C1(N2CCCCC2)CCCC1. The minimum atomic E-state index is 0.393. The van der Waals surface area contributed by atoms with Gasteiger partial charge in [-0.05, 0) is 57.5 Å². The summed E-state index contributed by atoms with van der Waals surface area (Å²) in [6.07, 6.45) is 15.4. The van der Waals surface area contributed by atoms with Crippen LogP contribution in [0.4, 0.5) is 0 Å². The number of nitrogens with zero attached hydrogens (tertiary/aromatic N) is 1. The molecule has 1 atom stereocenters. The lowest BCUT2D eigenvalue weighted by Crippen LogP contribution is -2.62. The van der Waals surface area contributed by atoms with Crippen LogP contribution in [-0.2, 0) is 0 Å². The van der Waals surface area contributed by atoms with Crippen LogP contribution in [-0.4, -0.2) is 29.6 Å². The van der Waals surface area contributed by atoms with E-state index in [2.05, 4.69) is 10.3 Å². The smallest absolute Gasteiger partial charge is 0.0394 e. The first-order valence-corrected chi connectivity index (χ1v) is 8.56. The number of rotatable bonds is 6. The molecule has 3 heteroatoms. The standard InChI is InChI=1S/C16H31N3/c17-18-15(9-8-14-6-7-14)16(10-2-3-11-16)19-12-4-1-5-13-19/h14-15,18H,1-13,17H2. The maximum Gasteiger partial charge on any atom is 0.0394 e. The zero-order valence-corrected chi connectivity index (χ0v) is 12.4. The van der Waals surface area contributed by atoms with Crippen LogP contribution in [0.5, 0.6) is 0 Å². The predicted molar refractivity (Wildman–Crippen MR) is 79.7 cm³/mol. The van der Waals surface area contributed by atoms with Gasteiger partial charge in [0.05, 0.1) is 0 Å². The summed E-state index contributed by atoms with van der Waals surface area (Å²) >= 11 is 0. The van der Waals surface area contributed by atoms with E-state index < -0.39 is 0 Å². The van der Waals surface area contributed by atoms with Crippen LogP contribution < -0.4 is 11.3 Å². The van der Waals surface area contributed by atoms with Crippen molar-refractivity contribution in [3.05, 3.63) is 0 Å². The first kappa shape index (κ1) is 13.8. The quantitative estimate of drug-likeness (QED) is 0.573. The van der Waals surface area contributed by atoms with Gasteiger partial charge in [0.2, 0.25) is 0 Å². The van der Waals surface area contributed by atoms with E-state index >= 15 is 0 Å². The molecule has 0 spiro atoms. The number of piperidine rings is 1. The molecule has 0 aromatic rings. The monoisotopic (exact) mass is 265 g/mol. The lowest BCUT2D eigenvalue weighted by atomic mass is 9.82. The summed E-state index contributed by atoms with van der Waals surface area (Å²) in [4.78, 5) is 2.81. The van der Waals surface area contributed by atoms with Gasteiger partial charge in [-0.3, -0.25) is 16.2 Å². The molecule has 0 radical (unpaired) electrons. The van der Waals surface area contributed by atoms with Gasteiger partial charge in [-0.25, -0.2) is 0 Å². The van der Waals surface area contributed by atoms with Crippen molar-refractivity contribution in [2.24, 2.45) is 11.8 Å². The fraction of sp³-hybridized carbons (Fsp3) is 1.00. The van der Waals surface area contributed by atoms with Crippen molar-refractivity contribution in [2.75, 3.05) is 13.1 Å². The van der Waals surface area contributed by atoms with Crippen molar-refractivity contribution >= 4 is 0 Å². The number of hydrazine groups is 1. The van der Waals surface area contributed by atoms with E-state index in [0.29, 0.717) is 11.6 Å². The van der Waals surface area contributed by atoms with Crippen LogP contribution in [0.25, 0.3) is 0 Å². The van der Waals surface area contributed by atoms with E-state index in [0.717, 1.165) is 5.92 Å². The highest BCUT2D eigenvalue weighted by molar-refractivity contribution is 5.04. The first-order valence-electron chi connectivity index (χ1n) is 8.56. The van der Waals surface area contributed by atoms with Gasteiger partial charge in [-0.2, -0.15) is 0 Å². The van der Waals surface area contributed by atoms with E-state index in [1.54, 1.807) is 0 Å². The molecule has 1 aliphatic heterocycles. The second-order valence-electron chi connectivity index (χ2n) is 7.10. The Bertz CT molecular complexity index is 276. The third kappa shape index (κ3) is 2.98. The lowest BCUT2D eigenvalue weighted by Gasteiger charge is -2.48. The molecule has 0 aromatic carbocycles. The van der Waals surface area contributed by atoms with E-state index in [1.165, 1.54) is 83.7 Å². The molecule has 3 aliphatic rings. The number of nitrogens with one attached hydrogen (secondary N) is 1. The molecule has 110 valence electrons. The van der Waals surface area contributed by atoms with E-state index in [-0.39, 0.29) is 0 Å². The van der Waals surface area contributed by atoms with Gasteiger partial charge in [-0.15, -0.1) is 0 Å². The molecule has 3 N–H and O–H groups in total. The molecule has 0 aromatic heterocycles. The van der Waals surface area contributed by atoms with Gasteiger partial charge < -0.3 is 0 Å². The number of hydrogen-bond donors (Lipinski definition) is 2. The molecule has 1 heterocycles. The summed E-state index contributed by atoms with van der Waals surface area (Å²) in [5, 5.41) is 0. The van der Waals surface area contributed by atoms with E-state index in [1.807, 2.05) is 0 Å². The zero-order valence-electron chi connectivity index (χ0n) is 12.4. The van der Waals surface area contributed by atoms with Gasteiger partial charge in [-0.1, -0.05) is 32.1 Å². The third-order valence-electron chi connectivity index (χ3n) is 5.87. The molecule has 0 bridgehead atoms. The van der Waals surface area contributed by atoms with Crippen molar-refractivity contribution in [3.63, 3.8) is 0 Å². The number of hydrogen-bond acceptors (Lipinski definition) is 3. The second-order valence-corrected chi connectivity index (χ2v) is 7.10. The van der Waals surface area contributed by atoms with Crippen LogP contribution in [0.2, 0.25) is 0 Å². The Labute approximate surface area is 118 Å². The van der Waals surface area contributed by atoms with Gasteiger partial charge in [0.1, 0.15) is 0 Å². The van der Waals surface area contributed by atoms with Crippen molar-refractivity contribution in [2.45, 2.75) is 82.2 Å². The molecular weight excluding hydrogens is 234 g/mol. The Balaban J connectivity index is 1.68.